The SMILES string of the molecule is CN=C(NC)NCc1cccc(OCCOC)c1. The Hall–Kier alpha value is -1.75. The lowest BCUT2D eigenvalue weighted by Gasteiger charge is -2.10. The van der Waals surface area contributed by atoms with Gasteiger partial charge in [0.15, 0.2) is 5.96 Å². The fourth-order valence-corrected chi connectivity index (χ4v) is 1.45. The Balaban J connectivity index is 2.48. The Labute approximate surface area is 108 Å². The van der Waals surface area contributed by atoms with Gasteiger partial charge in [0.25, 0.3) is 0 Å². The van der Waals surface area contributed by atoms with Crippen LogP contribution < -0.4 is 15.4 Å². The molecular formula is C13H21N3O2. The summed E-state index contributed by atoms with van der Waals surface area (Å²) in [6, 6.07) is 7.96. The van der Waals surface area contributed by atoms with Crippen molar-refractivity contribution in [2.75, 3.05) is 34.4 Å². The van der Waals surface area contributed by atoms with Crippen LogP contribution in [0.2, 0.25) is 0 Å². The molecule has 0 aliphatic rings. The van der Waals surface area contributed by atoms with E-state index in [4.69, 9.17) is 9.47 Å². The van der Waals surface area contributed by atoms with Gasteiger partial charge in [-0.1, -0.05) is 12.1 Å². The van der Waals surface area contributed by atoms with E-state index in [0.717, 1.165) is 17.3 Å². The molecule has 1 aromatic carbocycles. The van der Waals surface area contributed by atoms with Gasteiger partial charge in [-0.15, -0.1) is 0 Å². The van der Waals surface area contributed by atoms with Crippen LogP contribution >= 0.6 is 0 Å². The minimum Gasteiger partial charge on any atom is -0.491 e. The van der Waals surface area contributed by atoms with Gasteiger partial charge in [0.05, 0.1) is 6.61 Å². The predicted molar refractivity (Wildman–Crippen MR) is 73.1 cm³/mol. The molecule has 0 radical (unpaired) electrons. The molecule has 2 N–H and O–H groups in total. The first-order valence-corrected chi connectivity index (χ1v) is 5.89. The Kier molecular flexibility index (Phi) is 6.64. The third-order valence-electron chi connectivity index (χ3n) is 2.38. The van der Waals surface area contributed by atoms with Crippen LogP contribution in [-0.2, 0) is 11.3 Å². The lowest BCUT2D eigenvalue weighted by atomic mass is 10.2. The number of hydrogen-bond acceptors (Lipinski definition) is 3. The second-order valence-corrected chi connectivity index (χ2v) is 3.66. The lowest BCUT2D eigenvalue weighted by Crippen LogP contribution is -2.34. The van der Waals surface area contributed by atoms with Crippen molar-refractivity contribution < 1.29 is 9.47 Å². The fourth-order valence-electron chi connectivity index (χ4n) is 1.45. The minimum absolute atomic E-state index is 0.561. The number of guanidine groups is 1. The zero-order chi connectivity index (χ0) is 13.2. The average Bonchev–Trinajstić information content (AvgIpc) is 2.41. The van der Waals surface area contributed by atoms with Crippen molar-refractivity contribution in [1.29, 1.82) is 0 Å². The highest BCUT2D eigenvalue weighted by atomic mass is 16.5. The molecule has 0 saturated heterocycles. The number of methoxy groups -OCH3 is 1. The molecular weight excluding hydrogens is 230 g/mol. The smallest absolute Gasteiger partial charge is 0.190 e. The largest absolute Gasteiger partial charge is 0.491 e. The first-order valence-electron chi connectivity index (χ1n) is 5.89. The van der Waals surface area contributed by atoms with Crippen LogP contribution in [0.4, 0.5) is 0 Å². The number of aliphatic imine (C=N–C) groups is 1. The summed E-state index contributed by atoms with van der Waals surface area (Å²) in [7, 11) is 5.23. The van der Waals surface area contributed by atoms with Crippen molar-refractivity contribution >= 4 is 5.96 Å². The zero-order valence-corrected chi connectivity index (χ0v) is 11.2. The highest BCUT2D eigenvalue weighted by Crippen LogP contribution is 2.12. The molecule has 0 fully saturated rings. The van der Waals surface area contributed by atoms with E-state index in [-0.39, 0.29) is 0 Å². The van der Waals surface area contributed by atoms with Crippen molar-refractivity contribution in [2.45, 2.75) is 6.54 Å². The first-order chi connectivity index (χ1) is 8.80. The van der Waals surface area contributed by atoms with E-state index in [1.165, 1.54) is 0 Å². The van der Waals surface area contributed by atoms with E-state index in [1.54, 1.807) is 14.2 Å². The number of nitrogens with one attached hydrogen (secondary N) is 2. The van der Waals surface area contributed by atoms with Gasteiger partial charge in [-0.2, -0.15) is 0 Å². The molecule has 0 spiro atoms. The predicted octanol–water partition coefficient (Wildman–Crippen LogP) is 1.01. The van der Waals surface area contributed by atoms with Crippen molar-refractivity contribution in [1.82, 2.24) is 10.6 Å². The lowest BCUT2D eigenvalue weighted by molar-refractivity contribution is 0.146. The highest BCUT2D eigenvalue weighted by Gasteiger charge is 1.98. The van der Waals surface area contributed by atoms with Gasteiger partial charge in [-0.05, 0) is 17.7 Å². The van der Waals surface area contributed by atoms with Gasteiger partial charge >= 0.3 is 0 Å². The zero-order valence-electron chi connectivity index (χ0n) is 11.2. The molecule has 0 aliphatic carbocycles. The van der Waals surface area contributed by atoms with Gasteiger partial charge in [0.2, 0.25) is 0 Å². The van der Waals surface area contributed by atoms with E-state index < -0.39 is 0 Å². The van der Waals surface area contributed by atoms with Crippen LogP contribution in [0.1, 0.15) is 5.56 Å². The molecule has 1 aromatic rings. The van der Waals surface area contributed by atoms with Crippen molar-refractivity contribution in [3.05, 3.63) is 29.8 Å². The molecule has 1 rings (SSSR count). The van der Waals surface area contributed by atoms with Crippen molar-refractivity contribution in [3.63, 3.8) is 0 Å². The summed E-state index contributed by atoms with van der Waals surface area (Å²) in [5, 5.41) is 6.16. The van der Waals surface area contributed by atoms with Crippen LogP contribution in [0, 0.1) is 0 Å². The standard InChI is InChI=1S/C13H21N3O2/c1-14-13(15-2)16-10-11-5-4-6-12(9-11)18-8-7-17-3/h4-6,9H,7-8,10H2,1-3H3,(H2,14,15,16). The molecule has 0 aromatic heterocycles. The molecule has 0 bridgehead atoms. The van der Waals surface area contributed by atoms with Gasteiger partial charge in [0, 0.05) is 27.7 Å². The molecule has 0 saturated carbocycles. The van der Waals surface area contributed by atoms with Crippen LogP contribution in [0.15, 0.2) is 29.3 Å². The maximum Gasteiger partial charge on any atom is 0.190 e. The second-order valence-electron chi connectivity index (χ2n) is 3.66. The number of nitrogens with zero attached hydrogens (tertiary/aromatic N) is 1. The Morgan fingerprint density at radius 3 is 2.83 bits per heavy atom. The van der Waals surface area contributed by atoms with Crippen LogP contribution in [0.25, 0.3) is 0 Å². The quantitative estimate of drug-likeness (QED) is 0.450. The summed E-state index contributed by atoms with van der Waals surface area (Å²) in [5.41, 5.74) is 1.14. The maximum absolute atomic E-state index is 5.55. The van der Waals surface area contributed by atoms with Gasteiger partial charge < -0.3 is 20.1 Å². The minimum atomic E-state index is 0.561. The molecule has 18 heavy (non-hydrogen) atoms. The third kappa shape index (κ3) is 5.05. The normalized spacial score (nSPS) is 11.2. The first kappa shape index (κ1) is 14.3. The molecule has 0 aliphatic heterocycles. The summed E-state index contributed by atoms with van der Waals surface area (Å²) in [6.07, 6.45) is 0. The second kappa shape index (κ2) is 8.36. The van der Waals surface area contributed by atoms with Crippen LogP contribution in [-0.4, -0.2) is 40.4 Å². The van der Waals surface area contributed by atoms with E-state index in [1.807, 2.05) is 31.3 Å². The maximum atomic E-state index is 5.55. The summed E-state index contributed by atoms with van der Waals surface area (Å²) in [4.78, 5) is 4.05. The Morgan fingerprint density at radius 2 is 2.17 bits per heavy atom. The Morgan fingerprint density at radius 1 is 1.33 bits per heavy atom. The van der Waals surface area contributed by atoms with E-state index in [9.17, 15) is 0 Å². The molecule has 0 heterocycles. The number of rotatable bonds is 6. The number of benzene rings is 1. The monoisotopic (exact) mass is 251 g/mol. The summed E-state index contributed by atoms with van der Waals surface area (Å²) < 4.78 is 10.5. The van der Waals surface area contributed by atoms with E-state index in [0.29, 0.717) is 19.8 Å². The molecule has 0 amide bonds. The molecule has 100 valence electrons. The summed E-state index contributed by atoms with van der Waals surface area (Å²) in [6.45, 7) is 1.86. The van der Waals surface area contributed by atoms with Gasteiger partial charge in [-0.3, -0.25) is 4.99 Å². The molecule has 5 nitrogen and oxygen atoms in total. The third-order valence-corrected chi connectivity index (χ3v) is 2.38. The summed E-state index contributed by atoms with van der Waals surface area (Å²) in [5.74, 6) is 1.62. The highest BCUT2D eigenvalue weighted by molar-refractivity contribution is 5.79. The van der Waals surface area contributed by atoms with Crippen LogP contribution in [0.5, 0.6) is 5.75 Å². The van der Waals surface area contributed by atoms with Gasteiger partial charge in [0.1, 0.15) is 12.4 Å². The number of ether oxygens (including phenoxy) is 2. The topological polar surface area (TPSA) is 54.9 Å². The van der Waals surface area contributed by atoms with Crippen molar-refractivity contribution in [2.24, 2.45) is 4.99 Å². The van der Waals surface area contributed by atoms with E-state index in [2.05, 4.69) is 15.6 Å². The average molecular weight is 251 g/mol. The van der Waals surface area contributed by atoms with Gasteiger partial charge in [-0.25, -0.2) is 0 Å². The van der Waals surface area contributed by atoms with Crippen LogP contribution in [0.3, 0.4) is 0 Å². The number of hydrogen-bond donors (Lipinski definition) is 2. The van der Waals surface area contributed by atoms with E-state index >= 15 is 0 Å². The summed E-state index contributed by atoms with van der Waals surface area (Å²) >= 11 is 0. The molecule has 0 atom stereocenters. The molecule has 5 heteroatoms. The molecule has 0 unspecified atom stereocenters. The fraction of sp³-hybridized carbons (Fsp3) is 0.462. The van der Waals surface area contributed by atoms with Crippen molar-refractivity contribution in [3.8, 4) is 5.75 Å². The Bertz CT molecular complexity index is 380.